The van der Waals surface area contributed by atoms with Gasteiger partial charge in [0.05, 0.1) is 6.54 Å². The van der Waals surface area contributed by atoms with Crippen molar-refractivity contribution in [3.8, 4) is 0 Å². The molecule has 0 spiro atoms. The van der Waals surface area contributed by atoms with Crippen LogP contribution in [-0.4, -0.2) is 35.9 Å². The van der Waals surface area contributed by atoms with Crippen LogP contribution in [0.1, 0.15) is 38.7 Å². The molecule has 1 saturated heterocycles. The largest absolute Gasteiger partial charge is 0.444 e. The number of likely N-dealkylation sites (tertiary alicyclic amines) is 1. The molecule has 1 aromatic rings. The number of ether oxygens (including phenoxy) is 1. The second-order valence-corrected chi connectivity index (χ2v) is 6.25. The second-order valence-electron chi connectivity index (χ2n) is 6.25. The molecule has 0 saturated carbocycles. The van der Waals surface area contributed by atoms with Gasteiger partial charge in [-0.2, -0.15) is 0 Å². The quantitative estimate of drug-likeness (QED) is 0.783. The Morgan fingerprint density at radius 3 is 2.50 bits per heavy atom. The van der Waals surface area contributed by atoms with Crippen molar-refractivity contribution in [1.29, 1.82) is 0 Å². The van der Waals surface area contributed by atoms with Crippen molar-refractivity contribution < 1.29 is 13.9 Å². The van der Waals surface area contributed by atoms with E-state index in [0.717, 1.165) is 5.56 Å². The van der Waals surface area contributed by atoms with Gasteiger partial charge >= 0.3 is 6.09 Å². The molecule has 1 aromatic carbocycles. The number of piperidine rings is 1. The first-order valence-electron chi connectivity index (χ1n) is 7.04. The van der Waals surface area contributed by atoms with Gasteiger partial charge in [-0.1, -0.05) is 30.3 Å². The fraction of sp³-hybridized carbons (Fsp3) is 0.562. The number of hydrogen-bond donors (Lipinski definition) is 0. The molecule has 1 aliphatic heterocycles. The molecule has 0 radical (unpaired) electrons. The van der Waals surface area contributed by atoms with Gasteiger partial charge in [0.25, 0.3) is 0 Å². The first-order chi connectivity index (χ1) is 9.37. The molecular weight excluding hydrogens is 257 g/mol. The van der Waals surface area contributed by atoms with Crippen LogP contribution in [0.4, 0.5) is 9.18 Å². The van der Waals surface area contributed by atoms with Gasteiger partial charge in [0, 0.05) is 12.5 Å². The van der Waals surface area contributed by atoms with Crippen LogP contribution in [0.5, 0.6) is 0 Å². The average Bonchev–Trinajstić information content (AvgIpc) is 2.37. The first-order valence-corrected chi connectivity index (χ1v) is 7.04. The Kier molecular flexibility index (Phi) is 4.31. The zero-order valence-corrected chi connectivity index (χ0v) is 12.3. The number of halogens is 1. The lowest BCUT2D eigenvalue weighted by Crippen LogP contribution is -2.46. The molecule has 3 nitrogen and oxygen atoms in total. The summed E-state index contributed by atoms with van der Waals surface area (Å²) in [5, 5.41) is 0. The van der Waals surface area contributed by atoms with Crippen LogP contribution in [0, 0.1) is 0 Å². The lowest BCUT2D eigenvalue weighted by molar-refractivity contribution is 0.0111. The Morgan fingerprint density at radius 2 is 1.95 bits per heavy atom. The Bertz CT molecular complexity index is 455. The molecule has 0 unspecified atom stereocenters. The van der Waals surface area contributed by atoms with Crippen LogP contribution < -0.4 is 0 Å². The number of carbonyl (C=O) groups is 1. The molecule has 4 heteroatoms. The van der Waals surface area contributed by atoms with Crippen molar-refractivity contribution in [3.05, 3.63) is 35.9 Å². The van der Waals surface area contributed by atoms with Crippen LogP contribution in [-0.2, 0) is 4.74 Å². The zero-order valence-electron chi connectivity index (χ0n) is 12.3. The van der Waals surface area contributed by atoms with Crippen LogP contribution in [0.2, 0.25) is 0 Å². The molecule has 110 valence electrons. The molecule has 1 aliphatic rings. The Labute approximate surface area is 119 Å². The number of hydrogen-bond acceptors (Lipinski definition) is 2. The summed E-state index contributed by atoms with van der Waals surface area (Å²) in [5.74, 6) is -0.130. The number of rotatable bonds is 1. The lowest BCUT2D eigenvalue weighted by atomic mass is 9.88. The third-order valence-electron chi connectivity index (χ3n) is 3.42. The van der Waals surface area contributed by atoms with Gasteiger partial charge in [0.2, 0.25) is 0 Å². The van der Waals surface area contributed by atoms with E-state index in [4.69, 9.17) is 4.74 Å². The lowest BCUT2D eigenvalue weighted by Gasteiger charge is -2.35. The van der Waals surface area contributed by atoms with E-state index < -0.39 is 17.9 Å². The predicted octanol–water partition coefficient (Wildman–Crippen LogP) is 3.75. The maximum absolute atomic E-state index is 14.3. The minimum atomic E-state index is -1.04. The van der Waals surface area contributed by atoms with E-state index in [0.29, 0.717) is 13.0 Å². The molecule has 20 heavy (non-hydrogen) atoms. The summed E-state index contributed by atoms with van der Waals surface area (Å²) in [6.45, 7) is 6.08. The third-order valence-corrected chi connectivity index (χ3v) is 3.42. The third kappa shape index (κ3) is 3.71. The van der Waals surface area contributed by atoms with Gasteiger partial charge in [0.15, 0.2) is 0 Å². The molecule has 0 N–H and O–H groups in total. The van der Waals surface area contributed by atoms with Crippen molar-refractivity contribution in [2.24, 2.45) is 0 Å². The van der Waals surface area contributed by atoms with Crippen LogP contribution in [0.15, 0.2) is 30.3 Å². The SMILES string of the molecule is CC(C)(C)OC(=O)N1CC[C@@H](c2ccccc2)[C@H](F)C1. The van der Waals surface area contributed by atoms with E-state index in [2.05, 4.69) is 0 Å². The van der Waals surface area contributed by atoms with Crippen LogP contribution in [0.25, 0.3) is 0 Å². The summed E-state index contributed by atoms with van der Waals surface area (Å²) < 4.78 is 19.6. The highest BCUT2D eigenvalue weighted by Gasteiger charge is 2.34. The summed E-state index contributed by atoms with van der Waals surface area (Å²) in [7, 11) is 0. The Morgan fingerprint density at radius 1 is 1.30 bits per heavy atom. The fourth-order valence-electron chi connectivity index (χ4n) is 2.47. The minimum Gasteiger partial charge on any atom is -0.444 e. The van der Waals surface area contributed by atoms with Gasteiger partial charge in [-0.25, -0.2) is 9.18 Å². The normalized spacial score (nSPS) is 23.5. The molecule has 0 aromatic heterocycles. The highest BCUT2D eigenvalue weighted by molar-refractivity contribution is 5.68. The van der Waals surface area contributed by atoms with Gasteiger partial charge < -0.3 is 9.64 Å². The summed E-state index contributed by atoms with van der Waals surface area (Å²) in [6, 6.07) is 9.65. The summed E-state index contributed by atoms with van der Waals surface area (Å²) in [6.07, 6.45) is -0.838. The summed E-state index contributed by atoms with van der Waals surface area (Å²) in [5.41, 5.74) is 0.461. The summed E-state index contributed by atoms with van der Waals surface area (Å²) in [4.78, 5) is 13.4. The van der Waals surface area contributed by atoms with Gasteiger partial charge in [0.1, 0.15) is 11.8 Å². The fourth-order valence-corrected chi connectivity index (χ4v) is 2.47. The number of alkyl halides is 1. The molecule has 1 fully saturated rings. The van der Waals surface area contributed by atoms with Crippen molar-refractivity contribution in [3.63, 3.8) is 0 Å². The van der Waals surface area contributed by atoms with Crippen LogP contribution >= 0.6 is 0 Å². The molecule has 2 rings (SSSR count). The average molecular weight is 279 g/mol. The van der Waals surface area contributed by atoms with E-state index in [1.165, 1.54) is 4.90 Å². The zero-order chi connectivity index (χ0) is 14.8. The Hall–Kier alpha value is -1.58. The van der Waals surface area contributed by atoms with Gasteiger partial charge in [-0.15, -0.1) is 0 Å². The Balaban J connectivity index is 1.97. The molecule has 1 amide bonds. The van der Waals surface area contributed by atoms with E-state index in [1.807, 2.05) is 51.1 Å². The number of nitrogens with zero attached hydrogens (tertiary/aromatic N) is 1. The van der Waals surface area contributed by atoms with Crippen molar-refractivity contribution in [1.82, 2.24) is 4.90 Å². The topological polar surface area (TPSA) is 29.5 Å². The van der Waals surface area contributed by atoms with Crippen LogP contribution in [0.3, 0.4) is 0 Å². The number of amides is 1. The van der Waals surface area contributed by atoms with Crippen molar-refractivity contribution in [2.75, 3.05) is 13.1 Å². The number of benzene rings is 1. The highest BCUT2D eigenvalue weighted by atomic mass is 19.1. The van der Waals surface area contributed by atoms with Crippen molar-refractivity contribution in [2.45, 2.75) is 44.9 Å². The van der Waals surface area contributed by atoms with Gasteiger partial charge in [-0.3, -0.25) is 0 Å². The standard InChI is InChI=1S/C16H22FNO2/c1-16(2,3)20-15(19)18-10-9-13(14(17)11-18)12-7-5-4-6-8-12/h4-8,13-14H,9-11H2,1-3H3/t13-,14+/m0/s1. The predicted molar refractivity (Wildman–Crippen MR) is 76.5 cm³/mol. The monoisotopic (exact) mass is 279 g/mol. The molecule has 2 atom stereocenters. The van der Waals surface area contributed by atoms with Gasteiger partial charge in [-0.05, 0) is 32.8 Å². The maximum atomic E-state index is 14.3. The highest BCUT2D eigenvalue weighted by Crippen LogP contribution is 2.30. The molecule has 0 aliphatic carbocycles. The van der Waals surface area contributed by atoms with E-state index in [1.54, 1.807) is 0 Å². The first kappa shape index (κ1) is 14.8. The molecule has 0 bridgehead atoms. The van der Waals surface area contributed by atoms with E-state index >= 15 is 0 Å². The maximum Gasteiger partial charge on any atom is 0.410 e. The smallest absolute Gasteiger partial charge is 0.410 e. The van der Waals surface area contributed by atoms with E-state index in [9.17, 15) is 9.18 Å². The van der Waals surface area contributed by atoms with E-state index in [-0.39, 0.29) is 12.5 Å². The second kappa shape index (κ2) is 5.81. The number of carbonyl (C=O) groups excluding carboxylic acids is 1. The molecule has 1 heterocycles. The van der Waals surface area contributed by atoms with Crippen molar-refractivity contribution >= 4 is 6.09 Å². The summed E-state index contributed by atoms with van der Waals surface area (Å²) >= 11 is 0. The minimum absolute atomic E-state index is 0.106. The molecular formula is C16H22FNO2.